The van der Waals surface area contributed by atoms with E-state index in [1.54, 1.807) is 6.92 Å². The highest BCUT2D eigenvalue weighted by atomic mass is 32.1. The summed E-state index contributed by atoms with van der Waals surface area (Å²) in [5.41, 5.74) is 1.24. The van der Waals surface area contributed by atoms with E-state index in [9.17, 15) is 9.59 Å². The minimum Gasteiger partial charge on any atom is -0.462 e. The molecule has 0 radical (unpaired) electrons. The third kappa shape index (κ3) is 4.23. The number of hydrogen-bond donors (Lipinski definition) is 1. The Morgan fingerprint density at radius 1 is 1.25 bits per heavy atom. The van der Waals surface area contributed by atoms with Gasteiger partial charge in [0.1, 0.15) is 5.00 Å². The molecule has 1 aromatic heterocycles. The van der Waals surface area contributed by atoms with Gasteiger partial charge in [-0.25, -0.2) is 9.59 Å². The van der Waals surface area contributed by atoms with Crippen molar-refractivity contribution in [1.82, 2.24) is 0 Å². The summed E-state index contributed by atoms with van der Waals surface area (Å²) in [6, 6.07) is 0. The molecule has 0 spiro atoms. The Bertz CT molecular complexity index is 494. The number of nitrogens with one attached hydrogen (secondary N) is 1. The van der Waals surface area contributed by atoms with Crippen molar-refractivity contribution >= 4 is 28.4 Å². The Balaban J connectivity index is 2.87. The summed E-state index contributed by atoms with van der Waals surface area (Å²) < 4.78 is 10.1. The molecule has 0 aliphatic heterocycles. The van der Waals surface area contributed by atoms with Crippen LogP contribution in [0.1, 0.15) is 41.6 Å². The predicted molar refractivity (Wildman–Crippen MR) is 79.6 cm³/mol. The number of amides is 1. The van der Waals surface area contributed by atoms with Gasteiger partial charge in [0, 0.05) is 4.88 Å². The van der Waals surface area contributed by atoms with Gasteiger partial charge in [0.15, 0.2) is 0 Å². The second kappa shape index (κ2) is 7.28. The molecule has 20 heavy (non-hydrogen) atoms. The van der Waals surface area contributed by atoms with Crippen molar-refractivity contribution in [3.05, 3.63) is 16.0 Å². The van der Waals surface area contributed by atoms with E-state index in [1.165, 1.54) is 11.3 Å². The Morgan fingerprint density at radius 2 is 1.90 bits per heavy atom. The smallest absolute Gasteiger partial charge is 0.412 e. The van der Waals surface area contributed by atoms with Gasteiger partial charge >= 0.3 is 12.1 Å². The van der Waals surface area contributed by atoms with Crippen LogP contribution in [0.25, 0.3) is 0 Å². The van der Waals surface area contributed by atoms with Crippen LogP contribution in [0.5, 0.6) is 0 Å². The molecule has 6 heteroatoms. The van der Waals surface area contributed by atoms with Crippen LogP contribution in [0.4, 0.5) is 9.80 Å². The van der Waals surface area contributed by atoms with E-state index in [0.717, 1.165) is 10.4 Å². The molecule has 0 unspecified atom stereocenters. The van der Waals surface area contributed by atoms with Gasteiger partial charge in [0.25, 0.3) is 0 Å². The fraction of sp³-hybridized carbons (Fsp3) is 0.571. The van der Waals surface area contributed by atoms with Gasteiger partial charge in [-0.2, -0.15) is 0 Å². The third-order valence-electron chi connectivity index (χ3n) is 2.63. The summed E-state index contributed by atoms with van der Waals surface area (Å²) in [4.78, 5) is 24.6. The second-order valence-electron chi connectivity index (χ2n) is 4.83. The molecule has 1 aromatic rings. The van der Waals surface area contributed by atoms with Crippen molar-refractivity contribution in [3.8, 4) is 0 Å². The lowest BCUT2D eigenvalue weighted by Gasteiger charge is -2.09. The van der Waals surface area contributed by atoms with Crippen molar-refractivity contribution in [2.24, 2.45) is 5.92 Å². The van der Waals surface area contributed by atoms with Gasteiger partial charge in [0.2, 0.25) is 0 Å². The number of thiophene rings is 1. The summed E-state index contributed by atoms with van der Waals surface area (Å²) in [6.07, 6.45) is -0.550. The molecule has 112 valence electrons. The highest BCUT2D eigenvalue weighted by Gasteiger charge is 2.22. The summed E-state index contributed by atoms with van der Waals surface area (Å²) in [5, 5.41) is 3.10. The molecule has 0 bridgehead atoms. The number of carbonyl (C=O) groups excluding carboxylic acids is 2. The number of rotatable bonds is 5. The first-order chi connectivity index (χ1) is 9.36. The molecule has 0 aliphatic carbocycles. The van der Waals surface area contributed by atoms with Crippen LogP contribution in [0.2, 0.25) is 0 Å². The lowest BCUT2D eigenvalue weighted by molar-refractivity contribution is 0.0527. The number of ether oxygens (including phenoxy) is 2. The van der Waals surface area contributed by atoms with Crippen LogP contribution < -0.4 is 5.32 Å². The molecule has 0 fully saturated rings. The van der Waals surface area contributed by atoms with Gasteiger partial charge in [-0.05, 0) is 32.3 Å². The van der Waals surface area contributed by atoms with E-state index >= 15 is 0 Å². The monoisotopic (exact) mass is 299 g/mol. The topological polar surface area (TPSA) is 64.6 Å². The van der Waals surface area contributed by atoms with Crippen LogP contribution in [-0.2, 0) is 9.47 Å². The summed E-state index contributed by atoms with van der Waals surface area (Å²) in [5.74, 6) is -0.161. The minimum atomic E-state index is -0.550. The molecule has 0 saturated heterocycles. The van der Waals surface area contributed by atoms with E-state index in [4.69, 9.17) is 9.47 Å². The summed E-state index contributed by atoms with van der Waals surface area (Å²) >= 11 is 1.34. The SMILES string of the molecule is CCOC(=O)c1c(NC(=O)OCC(C)C)sc(C)c1C. The maximum absolute atomic E-state index is 11.9. The zero-order chi connectivity index (χ0) is 15.3. The van der Waals surface area contributed by atoms with E-state index in [1.807, 2.05) is 27.7 Å². The molecule has 1 rings (SSSR count). The molecule has 0 aliphatic rings. The molecular formula is C14H21NO4S. The van der Waals surface area contributed by atoms with Crippen LogP contribution in [0.3, 0.4) is 0 Å². The highest BCUT2D eigenvalue weighted by Crippen LogP contribution is 2.33. The van der Waals surface area contributed by atoms with Gasteiger partial charge < -0.3 is 9.47 Å². The Hall–Kier alpha value is -1.56. The first-order valence-corrected chi connectivity index (χ1v) is 7.39. The lowest BCUT2D eigenvalue weighted by atomic mass is 10.1. The second-order valence-corrected chi connectivity index (χ2v) is 6.05. The third-order valence-corrected chi connectivity index (χ3v) is 3.75. The zero-order valence-corrected chi connectivity index (χ0v) is 13.3. The van der Waals surface area contributed by atoms with Gasteiger partial charge in [-0.15, -0.1) is 11.3 Å². The van der Waals surface area contributed by atoms with Crippen LogP contribution in [0, 0.1) is 19.8 Å². The number of carbonyl (C=O) groups is 2. The van der Waals surface area contributed by atoms with E-state index in [2.05, 4.69) is 5.32 Å². The average molecular weight is 299 g/mol. The molecule has 1 heterocycles. The number of anilines is 1. The van der Waals surface area contributed by atoms with Crippen molar-refractivity contribution < 1.29 is 19.1 Å². The fourth-order valence-corrected chi connectivity index (χ4v) is 2.57. The molecule has 0 aromatic carbocycles. The first kappa shape index (κ1) is 16.5. The summed E-state index contributed by atoms with van der Waals surface area (Å²) in [6.45, 7) is 10.0. The largest absolute Gasteiger partial charge is 0.462 e. The maximum Gasteiger partial charge on any atom is 0.412 e. The zero-order valence-electron chi connectivity index (χ0n) is 12.5. The van der Waals surface area contributed by atoms with Crippen molar-refractivity contribution in [1.29, 1.82) is 0 Å². The van der Waals surface area contributed by atoms with E-state index < -0.39 is 12.1 Å². The Labute approximate surface area is 123 Å². The average Bonchev–Trinajstić information content (AvgIpc) is 2.62. The number of hydrogen-bond acceptors (Lipinski definition) is 5. The number of aryl methyl sites for hydroxylation is 1. The highest BCUT2D eigenvalue weighted by molar-refractivity contribution is 7.16. The van der Waals surface area contributed by atoms with Gasteiger partial charge in [0.05, 0.1) is 18.8 Å². The molecule has 1 amide bonds. The quantitative estimate of drug-likeness (QED) is 0.841. The van der Waals surface area contributed by atoms with E-state index in [0.29, 0.717) is 23.8 Å². The van der Waals surface area contributed by atoms with Crippen LogP contribution in [-0.4, -0.2) is 25.3 Å². The minimum absolute atomic E-state index is 0.261. The van der Waals surface area contributed by atoms with Crippen LogP contribution >= 0.6 is 11.3 Å². The predicted octanol–water partition coefficient (Wildman–Crippen LogP) is 3.75. The molecule has 1 N–H and O–H groups in total. The Morgan fingerprint density at radius 3 is 2.45 bits per heavy atom. The molecule has 0 atom stereocenters. The van der Waals surface area contributed by atoms with E-state index in [-0.39, 0.29) is 5.92 Å². The fourth-order valence-electron chi connectivity index (χ4n) is 1.54. The van der Waals surface area contributed by atoms with Crippen LogP contribution in [0.15, 0.2) is 0 Å². The number of esters is 1. The van der Waals surface area contributed by atoms with Gasteiger partial charge in [-0.1, -0.05) is 13.8 Å². The molecule has 5 nitrogen and oxygen atoms in total. The van der Waals surface area contributed by atoms with Crippen molar-refractivity contribution in [2.45, 2.75) is 34.6 Å². The molecular weight excluding hydrogens is 278 g/mol. The standard InChI is InChI=1S/C14H21NO4S/c1-6-18-13(16)11-9(4)10(5)20-12(11)15-14(17)19-7-8(2)3/h8H,6-7H2,1-5H3,(H,15,17). The van der Waals surface area contributed by atoms with Crippen molar-refractivity contribution in [2.75, 3.05) is 18.5 Å². The first-order valence-electron chi connectivity index (χ1n) is 6.57. The lowest BCUT2D eigenvalue weighted by Crippen LogP contribution is -2.18. The van der Waals surface area contributed by atoms with Crippen molar-refractivity contribution in [3.63, 3.8) is 0 Å². The summed E-state index contributed by atoms with van der Waals surface area (Å²) in [7, 11) is 0. The maximum atomic E-state index is 11.9. The van der Waals surface area contributed by atoms with Gasteiger partial charge in [-0.3, -0.25) is 5.32 Å². The Kier molecular flexibility index (Phi) is 6.01. The molecule has 0 saturated carbocycles. The normalized spacial score (nSPS) is 10.5.